The first-order valence-corrected chi connectivity index (χ1v) is 10.0. The van der Waals surface area contributed by atoms with E-state index >= 15 is 0 Å². The lowest BCUT2D eigenvalue weighted by Crippen LogP contribution is -2.54. The number of nitrogens with zero attached hydrogens (tertiary/aromatic N) is 2. The molecule has 0 aliphatic carbocycles. The van der Waals surface area contributed by atoms with Gasteiger partial charge in [-0.1, -0.05) is 18.2 Å². The molecule has 4 rings (SSSR count). The second kappa shape index (κ2) is 8.66. The summed E-state index contributed by atoms with van der Waals surface area (Å²) in [6.07, 6.45) is 1.50. The Kier molecular flexibility index (Phi) is 5.79. The molecule has 31 heavy (non-hydrogen) atoms. The molecule has 2 fully saturated rings. The fourth-order valence-electron chi connectivity index (χ4n) is 3.44. The third-order valence-electron chi connectivity index (χ3n) is 5.03. The summed E-state index contributed by atoms with van der Waals surface area (Å²) < 4.78 is 5.36. The fraction of sp³-hybridized carbons (Fsp3) is 0.182. The van der Waals surface area contributed by atoms with Crippen molar-refractivity contribution in [3.63, 3.8) is 0 Å². The van der Waals surface area contributed by atoms with E-state index in [9.17, 15) is 19.5 Å². The number of nitrogens with one attached hydrogen (secondary N) is 1. The Labute approximate surface area is 183 Å². The zero-order valence-electron chi connectivity index (χ0n) is 16.4. The second-order valence-electron chi connectivity index (χ2n) is 7.00. The number of benzene rings is 2. The third-order valence-corrected chi connectivity index (χ3v) is 5.32. The van der Waals surface area contributed by atoms with Crippen molar-refractivity contribution < 1.29 is 24.2 Å². The van der Waals surface area contributed by atoms with Crippen LogP contribution in [0, 0.1) is 0 Å². The topological polar surface area (TPSA) is 99.2 Å². The third kappa shape index (κ3) is 4.32. The van der Waals surface area contributed by atoms with Gasteiger partial charge >= 0.3 is 5.97 Å². The largest absolute Gasteiger partial charge is 0.478 e. The molecular weight excluding hydrogens is 418 g/mol. The molecule has 2 aromatic rings. The Hall–Kier alpha value is -3.56. The van der Waals surface area contributed by atoms with Gasteiger partial charge in [0.1, 0.15) is 5.57 Å². The lowest BCUT2D eigenvalue weighted by atomic mass is 10.1. The van der Waals surface area contributed by atoms with Gasteiger partial charge in [0.15, 0.2) is 5.11 Å². The Morgan fingerprint density at radius 1 is 1.06 bits per heavy atom. The molecule has 0 unspecified atom stereocenters. The summed E-state index contributed by atoms with van der Waals surface area (Å²) in [7, 11) is 0. The van der Waals surface area contributed by atoms with Gasteiger partial charge in [-0.2, -0.15) is 0 Å². The molecule has 2 saturated heterocycles. The summed E-state index contributed by atoms with van der Waals surface area (Å²) in [5.41, 5.74) is 1.91. The number of carbonyl (C=O) groups is 3. The van der Waals surface area contributed by atoms with E-state index in [1.807, 2.05) is 24.3 Å². The molecule has 2 aromatic carbocycles. The van der Waals surface area contributed by atoms with E-state index in [0.29, 0.717) is 18.8 Å². The summed E-state index contributed by atoms with van der Waals surface area (Å²) in [6.45, 7) is 2.98. The number of amides is 2. The Bertz CT molecular complexity index is 1090. The summed E-state index contributed by atoms with van der Waals surface area (Å²) in [5, 5.41) is 11.6. The minimum atomic E-state index is -1.13. The number of carboxylic acids is 1. The number of carboxylic acid groups (broad SMARTS) is 1. The van der Waals surface area contributed by atoms with Crippen LogP contribution in [0.25, 0.3) is 6.08 Å². The van der Waals surface area contributed by atoms with E-state index in [1.165, 1.54) is 24.3 Å². The molecule has 2 amide bonds. The molecule has 0 radical (unpaired) electrons. The highest BCUT2D eigenvalue weighted by atomic mass is 32.1. The molecule has 0 spiro atoms. The molecule has 2 aliphatic rings. The van der Waals surface area contributed by atoms with Crippen LogP contribution in [0.4, 0.5) is 11.4 Å². The van der Waals surface area contributed by atoms with Crippen LogP contribution < -0.4 is 15.1 Å². The molecule has 0 aromatic heterocycles. The summed E-state index contributed by atoms with van der Waals surface area (Å²) in [4.78, 5) is 40.1. The SMILES string of the molecule is O=C1NC(=S)N(c2cccc(C(=O)O)c2)C(=O)/C1=C/c1ccc(N2CCOCC2)cc1. The Morgan fingerprint density at radius 2 is 1.77 bits per heavy atom. The van der Waals surface area contributed by atoms with Crippen molar-refractivity contribution >= 4 is 52.6 Å². The van der Waals surface area contributed by atoms with E-state index in [4.69, 9.17) is 17.0 Å². The number of thiocarbonyl (C=S) groups is 1. The first kappa shape index (κ1) is 20.7. The smallest absolute Gasteiger partial charge is 0.335 e. The van der Waals surface area contributed by atoms with Crippen LogP contribution in [0.2, 0.25) is 0 Å². The highest BCUT2D eigenvalue weighted by Gasteiger charge is 2.34. The monoisotopic (exact) mass is 437 g/mol. The van der Waals surface area contributed by atoms with Crippen LogP contribution in [0.15, 0.2) is 54.1 Å². The zero-order chi connectivity index (χ0) is 22.0. The van der Waals surface area contributed by atoms with E-state index in [-0.39, 0.29) is 21.9 Å². The van der Waals surface area contributed by atoms with Crippen LogP contribution in [0.1, 0.15) is 15.9 Å². The van der Waals surface area contributed by atoms with Crippen molar-refractivity contribution in [2.75, 3.05) is 36.1 Å². The van der Waals surface area contributed by atoms with Gasteiger partial charge in [-0.05, 0) is 54.2 Å². The first-order valence-electron chi connectivity index (χ1n) is 9.61. The molecule has 2 N–H and O–H groups in total. The average Bonchev–Trinajstić information content (AvgIpc) is 2.78. The number of rotatable bonds is 4. The predicted molar refractivity (Wildman–Crippen MR) is 119 cm³/mol. The summed E-state index contributed by atoms with van der Waals surface area (Å²) in [5.74, 6) is -2.34. The number of ether oxygens (including phenoxy) is 1. The van der Waals surface area contributed by atoms with Crippen molar-refractivity contribution in [1.29, 1.82) is 0 Å². The average molecular weight is 437 g/mol. The predicted octanol–water partition coefficient (Wildman–Crippen LogP) is 2.05. The minimum absolute atomic E-state index is 0.00855. The second-order valence-corrected chi connectivity index (χ2v) is 7.39. The van der Waals surface area contributed by atoms with Crippen molar-refractivity contribution in [3.05, 3.63) is 65.2 Å². The van der Waals surface area contributed by atoms with Gasteiger partial charge < -0.3 is 14.7 Å². The molecule has 2 heterocycles. The number of anilines is 2. The van der Waals surface area contributed by atoms with Crippen LogP contribution in [0.5, 0.6) is 0 Å². The summed E-state index contributed by atoms with van der Waals surface area (Å²) >= 11 is 5.16. The number of morpholine rings is 1. The highest BCUT2D eigenvalue weighted by Crippen LogP contribution is 2.24. The van der Waals surface area contributed by atoms with Gasteiger partial charge in [-0.15, -0.1) is 0 Å². The van der Waals surface area contributed by atoms with Gasteiger partial charge in [-0.3, -0.25) is 19.8 Å². The fourth-order valence-corrected chi connectivity index (χ4v) is 3.72. The maximum atomic E-state index is 13.1. The van der Waals surface area contributed by atoms with Crippen LogP contribution >= 0.6 is 12.2 Å². The van der Waals surface area contributed by atoms with Gasteiger partial charge in [0.05, 0.1) is 24.5 Å². The first-order chi connectivity index (χ1) is 14.9. The maximum Gasteiger partial charge on any atom is 0.335 e. The van der Waals surface area contributed by atoms with Crippen molar-refractivity contribution in [2.45, 2.75) is 0 Å². The van der Waals surface area contributed by atoms with E-state index < -0.39 is 17.8 Å². The normalized spacial score (nSPS) is 18.3. The van der Waals surface area contributed by atoms with Gasteiger partial charge in [0.25, 0.3) is 11.8 Å². The molecular formula is C22H19N3O5S. The van der Waals surface area contributed by atoms with E-state index in [0.717, 1.165) is 23.7 Å². The number of carbonyl (C=O) groups excluding carboxylic acids is 2. The summed E-state index contributed by atoms with van der Waals surface area (Å²) in [6, 6.07) is 13.3. The molecule has 0 bridgehead atoms. The molecule has 8 nitrogen and oxygen atoms in total. The number of hydrogen-bond acceptors (Lipinski definition) is 6. The lowest BCUT2D eigenvalue weighted by molar-refractivity contribution is -0.122. The Balaban J connectivity index is 1.61. The van der Waals surface area contributed by atoms with Gasteiger partial charge in [0.2, 0.25) is 0 Å². The van der Waals surface area contributed by atoms with Crippen LogP contribution in [-0.2, 0) is 14.3 Å². The van der Waals surface area contributed by atoms with Crippen LogP contribution in [-0.4, -0.2) is 54.3 Å². The van der Waals surface area contributed by atoms with Crippen molar-refractivity contribution in [3.8, 4) is 0 Å². The van der Waals surface area contributed by atoms with Crippen molar-refractivity contribution in [1.82, 2.24) is 5.32 Å². The molecule has 158 valence electrons. The Morgan fingerprint density at radius 3 is 2.45 bits per heavy atom. The van der Waals surface area contributed by atoms with Gasteiger partial charge in [0, 0.05) is 18.8 Å². The molecule has 9 heteroatoms. The van der Waals surface area contributed by atoms with E-state index in [2.05, 4.69) is 10.2 Å². The van der Waals surface area contributed by atoms with Crippen LogP contribution in [0.3, 0.4) is 0 Å². The molecule has 0 atom stereocenters. The molecule has 2 aliphatic heterocycles. The van der Waals surface area contributed by atoms with Gasteiger partial charge in [-0.25, -0.2) is 4.79 Å². The minimum Gasteiger partial charge on any atom is -0.478 e. The standard InChI is InChI=1S/C22H19N3O5S/c26-19-18(12-14-4-6-16(7-5-14)24-8-10-30-11-9-24)20(27)25(22(31)23-19)17-3-1-2-15(13-17)21(28)29/h1-7,12-13H,8-11H2,(H,28,29)(H,23,26,31)/b18-12+. The highest BCUT2D eigenvalue weighted by molar-refractivity contribution is 7.80. The molecule has 0 saturated carbocycles. The maximum absolute atomic E-state index is 13.1. The number of hydrogen-bond donors (Lipinski definition) is 2. The number of aromatic carboxylic acids is 1. The zero-order valence-corrected chi connectivity index (χ0v) is 17.2. The quantitative estimate of drug-likeness (QED) is 0.429. The van der Waals surface area contributed by atoms with E-state index in [1.54, 1.807) is 6.07 Å². The van der Waals surface area contributed by atoms with Crippen molar-refractivity contribution in [2.24, 2.45) is 0 Å². The lowest BCUT2D eigenvalue weighted by Gasteiger charge is -2.29.